The molecule has 4 aromatic rings. The van der Waals surface area contributed by atoms with Crippen molar-refractivity contribution in [3.8, 4) is 5.75 Å². The largest absolute Gasteiger partial charge is 0.491 e. The maximum atomic E-state index is 5.83. The van der Waals surface area contributed by atoms with E-state index < -0.39 is 0 Å². The minimum Gasteiger partial charge on any atom is -0.491 e. The quantitative estimate of drug-likeness (QED) is 0.386. The summed E-state index contributed by atoms with van der Waals surface area (Å²) in [7, 11) is 0. The van der Waals surface area contributed by atoms with Crippen LogP contribution in [0, 0.1) is 0 Å². The van der Waals surface area contributed by atoms with Gasteiger partial charge in [0.2, 0.25) is 0 Å². The fourth-order valence-electron chi connectivity index (χ4n) is 2.99. The van der Waals surface area contributed by atoms with Gasteiger partial charge in [-0.05, 0) is 30.5 Å². The highest BCUT2D eigenvalue weighted by Crippen LogP contribution is 2.31. The fourth-order valence-corrected chi connectivity index (χ4v) is 4.16. The lowest BCUT2D eigenvalue weighted by atomic mass is 10.2. The van der Waals surface area contributed by atoms with Gasteiger partial charge in [-0.1, -0.05) is 37.3 Å². The van der Waals surface area contributed by atoms with Gasteiger partial charge in [0.1, 0.15) is 17.9 Å². The summed E-state index contributed by atoms with van der Waals surface area (Å²) in [5, 5.41) is 2.32. The first-order valence-electron chi connectivity index (χ1n) is 9.26. The highest BCUT2D eigenvalue weighted by atomic mass is 32.1. The van der Waals surface area contributed by atoms with Crippen LogP contribution < -0.4 is 4.74 Å². The van der Waals surface area contributed by atoms with Gasteiger partial charge in [0.05, 0.1) is 34.6 Å². The Kier molecular flexibility index (Phi) is 5.61. The van der Waals surface area contributed by atoms with E-state index in [1.165, 1.54) is 15.3 Å². The minimum atomic E-state index is 0.516. The van der Waals surface area contributed by atoms with Gasteiger partial charge in [0, 0.05) is 11.5 Å². The predicted octanol–water partition coefficient (Wildman–Crippen LogP) is 5.39. The molecule has 138 valence electrons. The molecular formula is C22H22N2O2S. The lowest BCUT2D eigenvalue weighted by Crippen LogP contribution is -2.06. The van der Waals surface area contributed by atoms with Crippen molar-refractivity contribution in [2.24, 2.45) is 0 Å². The number of aryl methyl sites for hydroxylation is 1. The summed E-state index contributed by atoms with van der Waals surface area (Å²) in [6.45, 7) is 3.85. The first kappa shape index (κ1) is 17.9. The van der Waals surface area contributed by atoms with Crippen LogP contribution in [0.5, 0.6) is 5.75 Å². The maximum Gasteiger partial charge on any atom is 0.121 e. The van der Waals surface area contributed by atoms with E-state index in [2.05, 4.69) is 35.1 Å². The highest BCUT2D eigenvalue weighted by molar-refractivity contribution is 7.19. The monoisotopic (exact) mass is 378 g/mol. The van der Waals surface area contributed by atoms with Crippen LogP contribution in [0.3, 0.4) is 0 Å². The summed E-state index contributed by atoms with van der Waals surface area (Å²) in [6.07, 6.45) is 3.99. The van der Waals surface area contributed by atoms with Gasteiger partial charge >= 0.3 is 0 Å². The Morgan fingerprint density at radius 3 is 2.74 bits per heavy atom. The number of nitrogens with zero attached hydrogens (tertiary/aromatic N) is 2. The first-order chi connectivity index (χ1) is 13.3. The van der Waals surface area contributed by atoms with Crippen LogP contribution >= 0.6 is 11.3 Å². The van der Waals surface area contributed by atoms with Crippen molar-refractivity contribution in [2.75, 3.05) is 13.2 Å². The number of fused-ring (bicyclic) bond motifs is 3. The van der Waals surface area contributed by atoms with Crippen LogP contribution in [0.25, 0.3) is 21.1 Å². The number of hydrogen-bond acceptors (Lipinski definition) is 5. The molecule has 2 heterocycles. The van der Waals surface area contributed by atoms with Crippen molar-refractivity contribution in [2.45, 2.75) is 26.4 Å². The van der Waals surface area contributed by atoms with Crippen molar-refractivity contribution >= 4 is 32.5 Å². The molecule has 0 bridgehead atoms. The molecule has 0 amide bonds. The number of ether oxygens (including phenoxy) is 2. The van der Waals surface area contributed by atoms with E-state index in [0.29, 0.717) is 19.8 Å². The van der Waals surface area contributed by atoms with E-state index in [9.17, 15) is 0 Å². The van der Waals surface area contributed by atoms with Crippen LogP contribution in [0.1, 0.15) is 23.9 Å². The molecule has 0 aliphatic heterocycles. The molecule has 0 aliphatic rings. The molecule has 0 fully saturated rings. The minimum absolute atomic E-state index is 0.516. The third-order valence-electron chi connectivity index (χ3n) is 4.31. The molecule has 0 atom stereocenters. The van der Waals surface area contributed by atoms with Crippen LogP contribution in [-0.2, 0) is 17.8 Å². The molecule has 4 rings (SSSR count). The fraction of sp³-hybridized carbons (Fsp3) is 0.273. The number of rotatable bonds is 8. The van der Waals surface area contributed by atoms with Crippen LogP contribution in [0.4, 0.5) is 0 Å². The molecule has 0 N–H and O–H groups in total. The van der Waals surface area contributed by atoms with Crippen molar-refractivity contribution in [3.63, 3.8) is 0 Å². The van der Waals surface area contributed by atoms with Gasteiger partial charge in [-0.15, -0.1) is 11.3 Å². The van der Waals surface area contributed by atoms with E-state index >= 15 is 0 Å². The molecule has 2 aromatic heterocycles. The number of hydrogen-bond donors (Lipinski definition) is 0. The molecule has 5 heteroatoms. The Morgan fingerprint density at radius 1 is 1.00 bits per heavy atom. The van der Waals surface area contributed by atoms with Crippen molar-refractivity contribution in [1.29, 1.82) is 0 Å². The maximum absolute atomic E-state index is 5.83. The number of pyridine rings is 1. The van der Waals surface area contributed by atoms with Gasteiger partial charge in [-0.2, -0.15) is 0 Å². The van der Waals surface area contributed by atoms with E-state index in [1.807, 2.05) is 36.5 Å². The molecule has 27 heavy (non-hydrogen) atoms. The van der Waals surface area contributed by atoms with Crippen LogP contribution in [0.2, 0.25) is 0 Å². The summed E-state index contributed by atoms with van der Waals surface area (Å²) in [6, 6.07) is 16.2. The Balaban J connectivity index is 1.38. The Labute approximate surface area is 162 Å². The van der Waals surface area contributed by atoms with Gasteiger partial charge in [-0.3, -0.25) is 4.98 Å². The Hall–Kier alpha value is -2.50. The zero-order valence-corrected chi connectivity index (χ0v) is 16.2. The second-order valence-corrected chi connectivity index (χ2v) is 7.48. The number of benzene rings is 2. The van der Waals surface area contributed by atoms with E-state index in [-0.39, 0.29) is 0 Å². The average molecular weight is 378 g/mol. The zero-order chi connectivity index (χ0) is 18.5. The second kappa shape index (κ2) is 8.46. The molecule has 0 radical (unpaired) electrons. The lowest BCUT2D eigenvalue weighted by molar-refractivity contribution is 0.0889. The normalized spacial score (nSPS) is 11.3. The van der Waals surface area contributed by atoms with E-state index in [0.717, 1.165) is 35.0 Å². The first-order valence-corrected chi connectivity index (χ1v) is 10.1. The highest BCUT2D eigenvalue weighted by Gasteiger charge is 2.09. The summed E-state index contributed by atoms with van der Waals surface area (Å²) in [5.74, 6) is 0.816. The van der Waals surface area contributed by atoms with Gasteiger partial charge in [-0.25, -0.2) is 4.98 Å². The van der Waals surface area contributed by atoms with Gasteiger partial charge < -0.3 is 9.47 Å². The van der Waals surface area contributed by atoms with Crippen LogP contribution in [0.15, 0.2) is 54.7 Å². The summed E-state index contributed by atoms with van der Waals surface area (Å²) in [4.78, 5) is 9.24. The summed E-state index contributed by atoms with van der Waals surface area (Å²) in [5.41, 5.74) is 3.10. The lowest BCUT2D eigenvalue weighted by Gasteiger charge is -2.08. The predicted molar refractivity (Wildman–Crippen MR) is 111 cm³/mol. The smallest absolute Gasteiger partial charge is 0.121 e. The standard InChI is InChI=1S/C22H22N2O2S/c1-2-6-21-24-20-14-23-19-13-17(9-10-18(19)22(20)27-21)26-12-11-25-15-16-7-4-3-5-8-16/h3-5,7-10,13-14H,2,6,11-12,15H2,1H3. The van der Waals surface area contributed by atoms with Gasteiger partial charge in [0.25, 0.3) is 0 Å². The number of aromatic nitrogens is 2. The van der Waals surface area contributed by atoms with E-state index in [1.54, 1.807) is 11.3 Å². The molecule has 0 aliphatic carbocycles. The van der Waals surface area contributed by atoms with Crippen molar-refractivity contribution < 1.29 is 9.47 Å². The summed E-state index contributed by atoms with van der Waals surface area (Å²) >= 11 is 1.77. The molecule has 0 spiro atoms. The topological polar surface area (TPSA) is 44.2 Å². The summed E-state index contributed by atoms with van der Waals surface area (Å²) < 4.78 is 12.7. The molecule has 2 aromatic carbocycles. The molecule has 0 saturated heterocycles. The molecule has 0 saturated carbocycles. The zero-order valence-electron chi connectivity index (χ0n) is 15.4. The Morgan fingerprint density at radius 2 is 1.89 bits per heavy atom. The van der Waals surface area contributed by atoms with Crippen LogP contribution in [-0.4, -0.2) is 23.2 Å². The van der Waals surface area contributed by atoms with Gasteiger partial charge in [0.15, 0.2) is 0 Å². The average Bonchev–Trinajstić information content (AvgIpc) is 3.12. The number of thiazole rings is 1. The van der Waals surface area contributed by atoms with Crippen molar-refractivity contribution in [3.05, 3.63) is 65.3 Å². The van der Waals surface area contributed by atoms with E-state index in [4.69, 9.17) is 9.47 Å². The SMILES string of the molecule is CCCc1nc2cnc3cc(OCCOCc4ccccc4)ccc3c2s1. The Bertz CT molecular complexity index is 1030. The van der Waals surface area contributed by atoms with Crippen molar-refractivity contribution in [1.82, 2.24) is 9.97 Å². The second-order valence-electron chi connectivity index (χ2n) is 6.40. The molecular weight excluding hydrogens is 356 g/mol. The third kappa shape index (κ3) is 4.26. The molecule has 0 unspecified atom stereocenters. The third-order valence-corrected chi connectivity index (χ3v) is 5.47. The molecule has 4 nitrogen and oxygen atoms in total.